The summed E-state index contributed by atoms with van der Waals surface area (Å²) in [5.74, 6) is -0.796. The number of rotatable bonds is 37. The Balaban J connectivity index is 2.25. The smallest absolute Gasteiger partial charge is 0.306 e. The topological polar surface area (TPSA) is 152 Å². The van der Waals surface area contributed by atoms with Gasteiger partial charge in [0.25, 0.3) is 0 Å². The molecule has 314 valence electrons. The lowest BCUT2D eigenvalue weighted by atomic mass is 9.99. The SMILES string of the molecule is CCCCCCCCCCCCCCCCCCCCCC(=O)OC[C@@H](CO[C@H]1O[C@@H](CO)[C@@H](O)C(O)C1O)OC(=O)CCCCCCCCCCC. The van der Waals surface area contributed by atoms with Crippen LogP contribution in [-0.4, -0.2) is 89.0 Å². The Morgan fingerprint density at radius 3 is 1.28 bits per heavy atom. The molecule has 0 radical (unpaired) electrons. The molecular formula is C43H82O10. The number of unbranched alkanes of at least 4 members (excludes halogenated alkanes) is 26. The van der Waals surface area contributed by atoms with Gasteiger partial charge in [0.2, 0.25) is 0 Å². The van der Waals surface area contributed by atoms with Gasteiger partial charge in [-0.2, -0.15) is 0 Å². The van der Waals surface area contributed by atoms with E-state index < -0.39 is 49.4 Å². The first-order valence-corrected chi connectivity index (χ1v) is 22.1. The molecule has 0 bridgehead atoms. The van der Waals surface area contributed by atoms with E-state index in [-0.39, 0.29) is 32.0 Å². The molecule has 1 saturated heterocycles. The number of ether oxygens (including phenoxy) is 4. The lowest BCUT2D eigenvalue weighted by Gasteiger charge is -2.39. The van der Waals surface area contributed by atoms with Crippen LogP contribution in [-0.2, 0) is 28.5 Å². The Morgan fingerprint density at radius 1 is 0.509 bits per heavy atom. The summed E-state index contributed by atoms with van der Waals surface area (Å²) in [4.78, 5) is 25.2. The molecule has 0 aromatic carbocycles. The fourth-order valence-electron chi connectivity index (χ4n) is 6.95. The van der Waals surface area contributed by atoms with Crippen LogP contribution in [0.2, 0.25) is 0 Å². The summed E-state index contributed by atoms with van der Waals surface area (Å²) in [7, 11) is 0. The van der Waals surface area contributed by atoms with Crippen molar-refractivity contribution >= 4 is 11.9 Å². The van der Waals surface area contributed by atoms with Gasteiger partial charge >= 0.3 is 11.9 Å². The first-order chi connectivity index (χ1) is 25.8. The highest BCUT2D eigenvalue weighted by Crippen LogP contribution is 2.23. The molecule has 1 fully saturated rings. The number of carbonyl (C=O) groups excluding carboxylic acids is 2. The molecule has 0 aromatic heterocycles. The van der Waals surface area contributed by atoms with Crippen LogP contribution in [0.3, 0.4) is 0 Å². The molecule has 1 aliphatic heterocycles. The van der Waals surface area contributed by atoms with Gasteiger partial charge in [-0.1, -0.05) is 181 Å². The molecule has 1 aliphatic rings. The molecule has 10 heteroatoms. The van der Waals surface area contributed by atoms with Crippen LogP contribution in [0.15, 0.2) is 0 Å². The summed E-state index contributed by atoms with van der Waals surface area (Å²) in [6.07, 6.45) is 27.0. The summed E-state index contributed by atoms with van der Waals surface area (Å²) in [6, 6.07) is 0. The van der Waals surface area contributed by atoms with Crippen LogP contribution in [0, 0.1) is 0 Å². The molecule has 2 unspecified atom stereocenters. The average molecular weight is 759 g/mol. The van der Waals surface area contributed by atoms with Gasteiger partial charge in [0.15, 0.2) is 12.4 Å². The molecule has 4 N–H and O–H groups in total. The van der Waals surface area contributed by atoms with E-state index in [2.05, 4.69) is 13.8 Å². The van der Waals surface area contributed by atoms with Gasteiger partial charge < -0.3 is 39.4 Å². The van der Waals surface area contributed by atoms with Crippen molar-refractivity contribution in [3.8, 4) is 0 Å². The molecule has 53 heavy (non-hydrogen) atoms. The molecule has 0 aromatic rings. The second-order valence-corrected chi connectivity index (χ2v) is 15.5. The first kappa shape index (κ1) is 49.7. The predicted molar refractivity (Wildman–Crippen MR) is 210 cm³/mol. The number of esters is 2. The van der Waals surface area contributed by atoms with Gasteiger partial charge in [0.1, 0.15) is 31.0 Å². The fraction of sp³-hybridized carbons (Fsp3) is 0.953. The molecule has 6 atom stereocenters. The van der Waals surface area contributed by atoms with E-state index in [1.807, 2.05) is 0 Å². The van der Waals surface area contributed by atoms with E-state index in [1.54, 1.807) is 0 Å². The zero-order chi connectivity index (χ0) is 38.8. The third-order valence-electron chi connectivity index (χ3n) is 10.5. The molecule has 0 spiro atoms. The average Bonchev–Trinajstić information content (AvgIpc) is 3.15. The van der Waals surface area contributed by atoms with E-state index in [9.17, 15) is 30.0 Å². The minimum Gasteiger partial charge on any atom is -0.462 e. The number of hydrogen-bond acceptors (Lipinski definition) is 10. The van der Waals surface area contributed by atoms with Gasteiger partial charge in [-0.3, -0.25) is 9.59 Å². The lowest BCUT2D eigenvalue weighted by Crippen LogP contribution is -2.59. The monoisotopic (exact) mass is 759 g/mol. The largest absolute Gasteiger partial charge is 0.462 e. The zero-order valence-corrected chi connectivity index (χ0v) is 34.0. The van der Waals surface area contributed by atoms with Crippen LogP contribution in [0.25, 0.3) is 0 Å². The maximum Gasteiger partial charge on any atom is 0.306 e. The molecule has 1 heterocycles. The van der Waals surface area contributed by atoms with Crippen LogP contribution >= 0.6 is 0 Å². The number of carbonyl (C=O) groups is 2. The van der Waals surface area contributed by atoms with Crippen molar-refractivity contribution in [1.29, 1.82) is 0 Å². The molecule has 10 nitrogen and oxygen atoms in total. The van der Waals surface area contributed by atoms with Crippen molar-refractivity contribution in [3.05, 3.63) is 0 Å². The Hall–Kier alpha value is -1.30. The Kier molecular flexibility index (Phi) is 33.0. The highest BCUT2D eigenvalue weighted by atomic mass is 16.7. The summed E-state index contributed by atoms with van der Waals surface area (Å²) >= 11 is 0. The Labute approximate surface area is 323 Å². The van der Waals surface area contributed by atoms with Crippen molar-refractivity contribution in [2.75, 3.05) is 19.8 Å². The quantitative estimate of drug-likeness (QED) is 0.0357. The van der Waals surface area contributed by atoms with E-state index in [4.69, 9.17) is 18.9 Å². The standard InChI is InChI=1S/C43H82O10/c1-3-5-7-9-11-13-14-15-16-17-18-19-20-21-22-24-25-27-29-31-38(45)50-34-36(35-51-43-42(49)41(48)40(47)37(33-44)53-43)52-39(46)32-30-28-26-23-12-10-8-6-4-2/h36-37,40-44,47-49H,3-35H2,1-2H3/t36-,37-,40+,41?,42?,43-/m0/s1. The van der Waals surface area contributed by atoms with Crippen LogP contribution in [0.5, 0.6) is 0 Å². The zero-order valence-electron chi connectivity index (χ0n) is 34.0. The molecule has 0 aliphatic carbocycles. The number of aliphatic hydroxyl groups is 4. The van der Waals surface area contributed by atoms with Crippen molar-refractivity contribution in [2.24, 2.45) is 0 Å². The lowest BCUT2D eigenvalue weighted by molar-refractivity contribution is -0.305. The van der Waals surface area contributed by atoms with Crippen LogP contribution in [0.4, 0.5) is 0 Å². The molecule has 1 rings (SSSR count). The summed E-state index contributed by atoms with van der Waals surface area (Å²) in [5.41, 5.74) is 0. The molecule has 0 saturated carbocycles. The van der Waals surface area contributed by atoms with Crippen LogP contribution in [0.1, 0.15) is 206 Å². The highest BCUT2D eigenvalue weighted by Gasteiger charge is 2.44. The fourth-order valence-corrected chi connectivity index (χ4v) is 6.95. The van der Waals surface area contributed by atoms with Crippen molar-refractivity contribution in [2.45, 2.75) is 243 Å². The second-order valence-electron chi connectivity index (χ2n) is 15.5. The Bertz CT molecular complexity index is 840. The maximum atomic E-state index is 12.7. The third kappa shape index (κ3) is 27.0. The maximum absolute atomic E-state index is 12.7. The number of aliphatic hydroxyl groups excluding tert-OH is 4. The van der Waals surface area contributed by atoms with Gasteiger partial charge in [-0.25, -0.2) is 0 Å². The van der Waals surface area contributed by atoms with Crippen molar-refractivity contribution in [1.82, 2.24) is 0 Å². The minimum atomic E-state index is -1.59. The predicted octanol–water partition coefficient (Wildman–Crippen LogP) is 9.00. The second kappa shape index (κ2) is 35.1. The van der Waals surface area contributed by atoms with Gasteiger partial charge in [-0.05, 0) is 12.8 Å². The summed E-state index contributed by atoms with van der Waals surface area (Å²) in [6.45, 7) is 3.42. The molecule has 0 amide bonds. The number of hydrogen-bond donors (Lipinski definition) is 4. The van der Waals surface area contributed by atoms with Gasteiger partial charge in [-0.15, -0.1) is 0 Å². The van der Waals surface area contributed by atoms with E-state index in [0.717, 1.165) is 38.5 Å². The van der Waals surface area contributed by atoms with Gasteiger partial charge in [0, 0.05) is 12.8 Å². The molecular weight excluding hydrogens is 676 g/mol. The van der Waals surface area contributed by atoms with Crippen molar-refractivity contribution in [3.63, 3.8) is 0 Å². The normalized spacial score (nSPS) is 20.8. The van der Waals surface area contributed by atoms with Crippen molar-refractivity contribution < 1.29 is 49.0 Å². The van der Waals surface area contributed by atoms with E-state index >= 15 is 0 Å². The van der Waals surface area contributed by atoms with Crippen LogP contribution < -0.4 is 0 Å². The first-order valence-electron chi connectivity index (χ1n) is 22.1. The van der Waals surface area contributed by atoms with E-state index in [0.29, 0.717) is 6.42 Å². The third-order valence-corrected chi connectivity index (χ3v) is 10.5. The Morgan fingerprint density at radius 2 is 0.887 bits per heavy atom. The van der Waals surface area contributed by atoms with E-state index in [1.165, 1.54) is 135 Å². The summed E-state index contributed by atoms with van der Waals surface area (Å²) in [5, 5.41) is 39.9. The highest BCUT2D eigenvalue weighted by molar-refractivity contribution is 5.70. The summed E-state index contributed by atoms with van der Waals surface area (Å²) < 4.78 is 22.1. The van der Waals surface area contributed by atoms with Gasteiger partial charge in [0.05, 0.1) is 13.2 Å². The minimum absolute atomic E-state index is 0.209.